The van der Waals surface area contributed by atoms with Gasteiger partial charge in [0.05, 0.1) is 39.8 Å². The number of nitrogens with one attached hydrogen (secondary N) is 3. The van der Waals surface area contributed by atoms with Crippen LogP contribution in [0.25, 0.3) is 5.82 Å². The van der Waals surface area contributed by atoms with Crippen molar-refractivity contribution in [3.05, 3.63) is 75.5 Å². The van der Waals surface area contributed by atoms with E-state index in [1.807, 2.05) is 6.07 Å². The van der Waals surface area contributed by atoms with Gasteiger partial charge < -0.3 is 16.0 Å². The van der Waals surface area contributed by atoms with Gasteiger partial charge in [0.2, 0.25) is 0 Å². The van der Waals surface area contributed by atoms with Crippen LogP contribution in [-0.2, 0) is 12.7 Å². The van der Waals surface area contributed by atoms with Crippen LogP contribution in [0.5, 0.6) is 0 Å². The van der Waals surface area contributed by atoms with Crippen LogP contribution in [0.4, 0.5) is 18.9 Å². The number of nitrogens with zero attached hydrogens (tertiary/aromatic N) is 8. The van der Waals surface area contributed by atoms with Crippen molar-refractivity contribution >= 4 is 29.1 Å². The Morgan fingerprint density at radius 2 is 1.95 bits per heavy atom. The molecule has 0 fully saturated rings. The molecular weight excluding hydrogens is 567 g/mol. The standard InChI is InChI=1S/C24H21ClF3N11O2/c1-12-7-14(10-29)8-16(21(40)32-13(2)30-3)19(12)33-22(41)18-9-15(11-38-36-23(34-37-38)24(26,27)28)35-39(18)20-17(25)5-4-6-31-20/h4-9,13,30H,11H2,1-3H3,(H,32,40)(H,33,41). The lowest BCUT2D eigenvalue weighted by Gasteiger charge is -2.17. The number of amides is 2. The number of carbonyl (C=O) groups excluding carboxylic acids is 2. The van der Waals surface area contributed by atoms with Crippen molar-refractivity contribution in [2.24, 2.45) is 0 Å². The Balaban J connectivity index is 1.75. The molecule has 0 radical (unpaired) electrons. The van der Waals surface area contributed by atoms with Crippen molar-refractivity contribution in [2.75, 3.05) is 12.4 Å². The first-order valence-corrected chi connectivity index (χ1v) is 12.2. The molecule has 1 unspecified atom stereocenters. The number of anilines is 1. The van der Waals surface area contributed by atoms with Gasteiger partial charge in [0.25, 0.3) is 17.6 Å². The van der Waals surface area contributed by atoms with Crippen LogP contribution in [0, 0.1) is 18.3 Å². The molecule has 17 heteroatoms. The summed E-state index contributed by atoms with van der Waals surface area (Å²) in [5.41, 5.74) is 0.757. The van der Waals surface area contributed by atoms with Gasteiger partial charge in [-0.3, -0.25) is 9.59 Å². The minimum atomic E-state index is -4.79. The Labute approximate surface area is 235 Å². The molecule has 41 heavy (non-hydrogen) atoms. The Morgan fingerprint density at radius 1 is 1.20 bits per heavy atom. The molecule has 13 nitrogen and oxygen atoms in total. The molecule has 0 saturated carbocycles. The molecule has 0 spiro atoms. The summed E-state index contributed by atoms with van der Waals surface area (Å²) >= 11 is 6.30. The van der Waals surface area contributed by atoms with E-state index in [9.17, 15) is 28.0 Å². The van der Waals surface area contributed by atoms with Gasteiger partial charge in [-0.15, -0.1) is 10.2 Å². The summed E-state index contributed by atoms with van der Waals surface area (Å²) < 4.78 is 39.9. The molecule has 0 bridgehead atoms. The number of nitriles is 1. The lowest BCUT2D eigenvalue weighted by atomic mass is 10.0. The molecular formula is C24H21ClF3N11O2. The molecule has 4 aromatic rings. The van der Waals surface area contributed by atoms with E-state index in [2.05, 4.69) is 41.4 Å². The Kier molecular flexibility index (Phi) is 8.31. The number of benzene rings is 1. The molecule has 0 aliphatic heterocycles. The zero-order valence-electron chi connectivity index (χ0n) is 21.7. The van der Waals surface area contributed by atoms with Gasteiger partial charge in [0.15, 0.2) is 5.82 Å². The second kappa shape index (κ2) is 11.7. The number of tetrazole rings is 1. The summed E-state index contributed by atoms with van der Waals surface area (Å²) in [5, 5.41) is 31.8. The van der Waals surface area contributed by atoms with Gasteiger partial charge in [-0.25, -0.2) is 9.67 Å². The van der Waals surface area contributed by atoms with E-state index < -0.39 is 30.0 Å². The lowest BCUT2D eigenvalue weighted by molar-refractivity contribution is -0.145. The molecule has 3 N–H and O–H groups in total. The zero-order valence-corrected chi connectivity index (χ0v) is 22.4. The number of aromatic nitrogens is 7. The fourth-order valence-electron chi connectivity index (χ4n) is 3.65. The Hall–Kier alpha value is -4.88. The van der Waals surface area contributed by atoms with Gasteiger partial charge in [-0.1, -0.05) is 11.6 Å². The van der Waals surface area contributed by atoms with Crippen molar-refractivity contribution in [2.45, 2.75) is 32.7 Å². The van der Waals surface area contributed by atoms with E-state index >= 15 is 0 Å². The SMILES string of the molecule is CNC(C)NC(=O)c1cc(C#N)cc(C)c1NC(=O)c1cc(Cn2nnc(C(F)(F)F)n2)nn1-c1ncccc1Cl. The zero-order chi connectivity index (χ0) is 29.9. The highest BCUT2D eigenvalue weighted by Crippen LogP contribution is 2.27. The van der Waals surface area contributed by atoms with Gasteiger partial charge in [0, 0.05) is 6.20 Å². The van der Waals surface area contributed by atoms with E-state index in [4.69, 9.17) is 11.6 Å². The van der Waals surface area contributed by atoms with Crippen LogP contribution in [-0.4, -0.2) is 60.0 Å². The highest BCUT2D eigenvalue weighted by Gasteiger charge is 2.37. The molecule has 1 aromatic carbocycles. The summed E-state index contributed by atoms with van der Waals surface area (Å²) in [5.74, 6) is -2.68. The molecule has 0 aliphatic carbocycles. The molecule has 3 heterocycles. The largest absolute Gasteiger partial charge is 0.455 e. The van der Waals surface area contributed by atoms with Crippen LogP contribution < -0.4 is 16.0 Å². The maximum absolute atomic E-state index is 13.6. The van der Waals surface area contributed by atoms with Crippen molar-refractivity contribution in [1.29, 1.82) is 5.26 Å². The fraction of sp³-hybridized carbons (Fsp3) is 0.250. The quantitative estimate of drug-likeness (QED) is 0.262. The first kappa shape index (κ1) is 29.1. The number of carbonyl (C=O) groups is 2. The highest BCUT2D eigenvalue weighted by molar-refractivity contribution is 6.32. The first-order valence-electron chi connectivity index (χ1n) is 11.8. The minimum Gasteiger partial charge on any atom is -0.337 e. The van der Waals surface area contributed by atoms with Gasteiger partial charge in [-0.2, -0.15) is 28.3 Å². The third-order valence-electron chi connectivity index (χ3n) is 5.67. The van der Waals surface area contributed by atoms with Crippen molar-refractivity contribution in [1.82, 2.24) is 45.6 Å². The molecule has 212 valence electrons. The number of pyridine rings is 1. The minimum absolute atomic E-state index is 0.0330. The van der Waals surface area contributed by atoms with Crippen molar-refractivity contribution in [3.63, 3.8) is 0 Å². The maximum Gasteiger partial charge on any atom is 0.455 e. The van der Waals surface area contributed by atoms with E-state index in [-0.39, 0.29) is 45.6 Å². The average molecular weight is 588 g/mol. The number of hydrogen-bond acceptors (Lipinski definition) is 9. The highest BCUT2D eigenvalue weighted by atomic mass is 35.5. The van der Waals surface area contributed by atoms with E-state index in [1.165, 1.54) is 30.5 Å². The van der Waals surface area contributed by atoms with Crippen LogP contribution in [0.3, 0.4) is 0 Å². The number of aryl methyl sites for hydroxylation is 1. The predicted molar refractivity (Wildman–Crippen MR) is 138 cm³/mol. The number of halogens is 4. The van der Waals surface area contributed by atoms with Crippen LogP contribution in [0.1, 0.15) is 50.4 Å². The monoisotopic (exact) mass is 587 g/mol. The summed E-state index contributed by atoms with van der Waals surface area (Å²) in [6.45, 7) is 2.95. The third kappa shape index (κ3) is 6.48. The predicted octanol–water partition coefficient (Wildman–Crippen LogP) is 2.70. The summed E-state index contributed by atoms with van der Waals surface area (Å²) in [6.07, 6.45) is -3.80. The van der Waals surface area contributed by atoms with Gasteiger partial charge in [0.1, 0.15) is 12.2 Å². The fourth-order valence-corrected chi connectivity index (χ4v) is 3.85. The summed E-state index contributed by atoms with van der Waals surface area (Å²) in [4.78, 5) is 31.5. The second-order valence-electron chi connectivity index (χ2n) is 8.65. The summed E-state index contributed by atoms with van der Waals surface area (Å²) in [6, 6.07) is 9.19. The van der Waals surface area contributed by atoms with E-state index in [0.717, 1.165) is 4.68 Å². The number of rotatable bonds is 8. The summed E-state index contributed by atoms with van der Waals surface area (Å²) in [7, 11) is 1.64. The van der Waals surface area contributed by atoms with Gasteiger partial charge >= 0.3 is 6.18 Å². The van der Waals surface area contributed by atoms with Gasteiger partial charge in [-0.05, 0) is 62.0 Å². The average Bonchev–Trinajstić information content (AvgIpc) is 3.57. The normalized spacial score (nSPS) is 12.0. The van der Waals surface area contributed by atoms with Crippen molar-refractivity contribution in [3.8, 4) is 11.9 Å². The Morgan fingerprint density at radius 3 is 2.59 bits per heavy atom. The number of hydrogen-bond donors (Lipinski definition) is 3. The second-order valence-corrected chi connectivity index (χ2v) is 9.06. The first-order chi connectivity index (χ1) is 19.4. The smallest absolute Gasteiger partial charge is 0.337 e. The topological polar surface area (TPSA) is 168 Å². The lowest BCUT2D eigenvalue weighted by Crippen LogP contribution is -2.41. The van der Waals surface area contributed by atoms with Crippen molar-refractivity contribution < 1.29 is 22.8 Å². The maximum atomic E-state index is 13.6. The Bertz CT molecular complexity index is 1660. The molecule has 0 aliphatic rings. The number of alkyl halides is 3. The molecule has 2 amide bonds. The molecule has 3 aromatic heterocycles. The molecule has 1 atom stereocenters. The van der Waals surface area contributed by atoms with E-state index in [0.29, 0.717) is 10.4 Å². The van der Waals surface area contributed by atoms with Crippen LogP contribution in [0.15, 0.2) is 36.5 Å². The molecule has 0 saturated heterocycles. The van der Waals surface area contributed by atoms with E-state index in [1.54, 1.807) is 27.0 Å². The van der Waals surface area contributed by atoms with Crippen LogP contribution in [0.2, 0.25) is 5.02 Å². The van der Waals surface area contributed by atoms with Crippen LogP contribution >= 0.6 is 11.6 Å². The third-order valence-corrected chi connectivity index (χ3v) is 5.97. The molecule has 4 rings (SSSR count).